The van der Waals surface area contributed by atoms with E-state index in [4.69, 9.17) is 0 Å². The largest absolute Gasteiger partial charge is 0.361 e. The van der Waals surface area contributed by atoms with Crippen molar-refractivity contribution in [2.75, 3.05) is 23.9 Å². The average Bonchev–Trinajstić information content (AvgIpc) is 2.52. The third kappa shape index (κ3) is 3.58. The van der Waals surface area contributed by atoms with Crippen molar-refractivity contribution in [2.45, 2.75) is 45.1 Å². The number of nitrogens with one attached hydrogen (secondary N) is 1. The minimum atomic E-state index is -0.429. The topological polar surface area (TPSA) is 69.7 Å². The molecular weight excluding hydrogens is 306 g/mol. The number of amides is 3. The van der Waals surface area contributed by atoms with Crippen molar-refractivity contribution in [2.24, 2.45) is 0 Å². The van der Waals surface area contributed by atoms with Crippen LogP contribution in [0.15, 0.2) is 18.2 Å². The highest BCUT2D eigenvalue weighted by Gasteiger charge is 2.31. The molecule has 1 unspecified atom stereocenters. The van der Waals surface area contributed by atoms with E-state index in [0.717, 1.165) is 23.3 Å². The number of nitrogens with zero attached hydrogens (tertiary/aromatic N) is 2. The van der Waals surface area contributed by atoms with E-state index in [-0.39, 0.29) is 17.2 Å². The predicted octanol–water partition coefficient (Wildman–Crippen LogP) is 1.82. The summed E-state index contributed by atoms with van der Waals surface area (Å²) in [5.41, 5.74) is 2.58. The van der Waals surface area contributed by atoms with Gasteiger partial charge in [-0.2, -0.15) is 0 Å². The first-order chi connectivity index (χ1) is 11.1. The van der Waals surface area contributed by atoms with Gasteiger partial charge in [-0.3, -0.25) is 19.7 Å². The van der Waals surface area contributed by atoms with Crippen LogP contribution in [0.4, 0.5) is 11.4 Å². The minimum Gasteiger partial charge on any atom is -0.361 e. The number of likely N-dealkylation sites (N-methyl/N-ethyl adjacent to an activating group) is 1. The second-order valence-corrected chi connectivity index (χ2v) is 7.25. The zero-order valence-corrected chi connectivity index (χ0v) is 14.9. The van der Waals surface area contributed by atoms with Crippen LogP contribution in [0.25, 0.3) is 0 Å². The van der Waals surface area contributed by atoms with Crippen molar-refractivity contribution in [1.82, 2.24) is 5.32 Å². The van der Waals surface area contributed by atoms with Crippen LogP contribution in [0.5, 0.6) is 0 Å². The quantitative estimate of drug-likeness (QED) is 0.675. The van der Waals surface area contributed by atoms with Crippen LogP contribution in [0.3, 0.4) is 0 Å². The van der Waals surface area contributed by atoms with Crippen LogP contribution in [-0.4, -0.2) is 38.4 Å². The molecule has 1 fully saturated rings. The Morgan fingerprint density at radius 3 is 2.38 bits per heavy atom. The number of hydrogen-bond acceptors (Lipinski definition) is 4. The Morgan fingerprint density at radius 2 is 1.83 bits per heavy atom. The lowest BCUT2D eigenvalue weighted by atomic mass is 9.86. The van der Waals surface area contributed by atoms with Gasteiger partial charge in [0.15, 0.2) is 0 Å². The predicted molar refractivity (Wildman–Crippen MR) is 94.2 cm³/mol. The molecule has 130 valence electrons. The van der Waals surface area contributed by atoms with E-state index >= 15 is 0 Å². The summed E-state index contributed by atoms with van der Waals surface area (Å²) in [4.78, 5) is 38.1. The Balaban J connectivity index is 2.43. The van der Waals surface area contributed by atoms with Crippen LogP contribution in [0.2, 0.25) is 0 Å². The van der Waals surface area contributed by atoms with Crippen LogP contribution < -0.4 is 15.1 Å². The van der Waals surface area contributed by atoms with Crippen molar-refractivity contribution < 1.29 is 14.4 Å². The molecule has 1 aromatic rings. The second kappa shape index (κ2) is 6.63. The van der Waals surface area contributed by atoms with Crippen molar-refractivity contribution >= 4 is 29.6 Å². The molecule has 0 saturated carbocycles. The van der Waals surface area contributed by atoms with Crippen molar-refractivity contribution in [3.63, 3.8) is 0 Å². The van der Waals surface area contributed by atoms with Gasteiger partial charge >= 0.3 is 0 Å². The number of piperidine rings is 1. The lowest BCUT2D eigenvalue weighted by Crippen LogP contribution is -2.51. The summed E-state index contributed by atoms with van der Waals surface area (Å²) in [6, 6.07) is 5.49. The summed E-state index contributed by atoms with van der Waals surface area (Å²) in [6.45, 7) is 6.32. The fourth-order valence-electron chi connectivity index (χ4n) is 2.85. The van der Waals surface area contributed by atoms with Gasteiger partial charge in [0.25, 0.3) is 0 Å². The normalized spacial score (nSPS) is 18.1. The van der Waals surface area contributed by atoms with Gasteiger partial charge in [0.2, 0.25) is 18.2 Å². The molecule has 0 aliphatic carbocycles. The van der Waals surface area contributed by atoms with Gasteiger partial charge in [-0.1, -0.05) is 26.8 Å². The molecule has 3 amide bonds. The van der Waals surface area contributed by atoms with Crippen LogP contribution in [0.1, 0.15) is 39.2 Å². The third-order valence-electron chi connectivity index (χ3n) is 4.44. The highest BCUT2D eigenvalue weighted by molar-refractivity contribution is 6.02. The summed E-state index contributed by atoms with van der Waals surface area (Å²) in [5, 5.41) is 2.38. The van der Waals surface area contributed by atoms with E-state index in [1.807, 2.05) is 30.1 Å². The number of hydrogen-bond donors (Lipinski definition) is 1. The van der Waals surface area contributed by atoms with Crippen LogP contribution >= 0.6 is 0 Å². The van der Waals surface area contributed by atoms with E-state index in [1.54, 1.807) is 7.05 Å². The number of carbonyl (C=O) groups is 3. The summed E-state index contributed by atoms with van der Waals surface area (Å²) in [5.74, 6) is -0.536. The Labute approximate surface area is 142 Å². The van der Waals surface area contributed by atoms with Gasteiger partial charge in [-0.05, 0) is 29.5 Å². The highest BCUT2D eigenvalue weighted by atomic mass is 16.2. The van der Waals surface area contributed by atoms with Crippen molar-refractivity contribution in [1.29, 1.82) is 0 Å². The SMILES string of the molecule is CN(C=O)c1cc(C(C)(C)C)ccc1N(C)C1CCC(=O)NC1=O. The van der Waals surface area contributed by atoms with Gasteiger partial charge in [0.1, 0.15) is 6.04 Å². The fourth-order valence-corrected chi connectivity index (χ4v) is 2.85. The smallest absolute Gasteiger partial charge is 0.249 e. The highest BCUT2D eigenvalue weighted by Crippen LogP contribution is 2.35. The van der Waals surface area contributed by atoms with E-state index in [1.165, 1.54) is 4.90 Å². The number of rotatable bonds is 4. The lowest BCUT2D eigenvalue weighted by molar-refractivity contribution is -0.134. The van der Waals surface area contributed by atoms with Gasteiger partial charge in [-0.15, -0.1) is 0 Å². The van der Waals surface area contributed by atoms with Gasteiger partial charge < -0.3 is 9.80 Å². The molecule has 0 aromatic heterocycles. The van der Waals surface area contributed by atoms with Crippen LogP contribution in [0, 0.1) is 0 Å². The molecule has 6 heteroatoms. The summed E-state index contributed by atoms with van der Waals surface area (Å²) in [6.07, 6.45) is 1.54. The summed E-state index contributed by atoms with van der Waals surface area (Å²) in [7, 11) is 3.50. The summed E-state index contributed by atoms with van der Waals surface area (Å²) >= 11 is 0. The van der Waals surface area contributed by atoms with E-state index in [2.05, 4.69) is 26.1 Å². The van der Waals surface area contributed by atoms with Gasteiger partial charge in [0.05, 0.1) is 11.4 Å². The minimum absolute atomic E-state index is 0.0514. The molecule has 24 heavy (non-hydrogen) atoms. The first kappa shape index (κ1) is 18.0. The maximum Gasteiger partial charge on any atom is 0.249 e. The van der Waals surface area contributed by atoms with E-state index in [9.17, 15) is 14.4 Å². The molecule has 2 rings (SSSR count). The monoisotopic (exact) mass is 331 g/mol. The number of imide groups is 1. The second-order valence-electron chi connectivity index (χ2n) is 7.25. The molecule has 1 aliphatic rings. The Morgan fingerprint density at radius 1 is 1.17 bits per heavy atom. The maximum atomic E-state index is 12.1. The van der Waals surface area contributed by atoms with Gasteiger partial charge in [-0.25, -0.2) is 0 Å². The molecule has 1 aromatic carbocycles. The number of carbonyl (C=O) groups excluding carboxylic acids is 3. The van der Waals surface area contributed by atoms with E-state index in [0.29, 0.717) is 12.8 Å². The number of benzene rings is 1. The Bertz CT molecular complexity index is 664. The molecule has 1 atom stereocenters. The van der Waals surface area contributed by atoms with Crippen molar-refractivity contribution in [3.05, 3.63) is 23.8 Å². The fraction of sp³-hybridized carbons (Fsp3) is 0.500. The Hall–Kier alpha value is -2.37. The first-order valence-corrected chi connectivity index (χ1v) is 8.04. The molecule has 1 N–H and O–H groups in total. The zero-order valence-electron chi connectivity index (χ0n) is 14.9. The molecule has 1 aliphatic heterocycles. The molecule has 0 bridgehead atoms. The standard InChI is InChI=1S/C18H25N3O3/c1-18(2,3)12-6-7-13(15(10-12)20(4)11-22)21(5)14-8-9-16(23)19-17(14)24/h6-7,10-11,14H,8-9H2,1-5H3,(H,19,23,24). The Kier molecular flexibility index (Phi) is 4.96. The van der Waals surface area contributed by atoms with Crippen LogP contribution in [-0.2, 0) is 19.8 Å². The third-order valence-corrected chi connectivity index (χ3v) is 4.44. The maximum absolute atomic E-state index is 12.1. The first-order valence-electron chi connectivity index (χ1n) is 8.04. The number of anilines is 2. The lowest BCUT2D eigenvalue weighted by Gasteiger charge is -2.34. The van der Waals surface area contributed by atoms with Crippen molar-refractivity contribution in [3.8, 4) is 0 Å². The average molecular weight is 331 g/mol. The molecule has 6 nitrogen and oxygen atoms in total. The molecule has 0 spiro atoms. The molecule has 1 saturated heterocycles. The van der Waals surface area contributed by atoms with E-state index < -0.39 is 6.04 Å². The molecule has 0 radical (unpaired) electrons. The van der Waals surface area contributed by atoms with Gasteiger partial charge in [0, 0.05) is 20.5 Å². The summed E-state index contributed by atoms with van der Waals surface area (Å²) < 4.78 is 0. The molecular formula is C18H25N3O3. The zero-order chi connectivity index (χ0) is 18.1. The molecule has 1 heterocycles.